The molecule has 2 aromatic carbocycles. The van der Waals surface area contributed by atoms with E-state index in [-0.39, 0.29) is 0 Å². The minimum Gasteiger partial charge on any atom is -0.312 e. The highest BCUT2D eigenvalue weighted by atomic mass is 35.5. The summed E-state index contributed by atoms with van der Waals surface area (Å²) in [7, 11) is 0. The van der Waals surface area contributed by atoms with Gasteiger partial charge in [0.15, 0.2) is 0 Å². The number of hydrogen-bond donors (Lipinski definition) is 1. The van der Waals surface area contributed by atoms with Crippen molar-refractivity contribution < 1.29 is 0 Å². The third-order valence-electron chi connectivity index (χ3n) is 5.37. The van der Waals surface area contributed by atoms with Crippen LogP contribution in [0.4, 0.5) is 0 Å². The number of hydrogen-bond acceptors (Lipinski definition) is 1. The minimum absolute atomic E-state index is 0.592. The molecule has 1 spiro atoms. The molecular formula is C20H21Cl2N. The molecule has 1 fully saturated rings. The van der Waals surface area contributed by atoms with Crippen LogP contribution < -0.4 is 5.32 Å². The van der Waals surface area contributed by atoms with Crippen LogP contribution in [0.5, 0.6) is 0 Å². The SMILES string of the molecule is Clc1ccc(CCNCc2ccc3c(c2)CCC32CC2)cc1Cl. The first-order valence-electron chi connectivity index (χ1n) is 8.43. The summed E-state index contributed by atoms with van der Waals surface area (Å²) in [6, 6.07) is 13.0. The van der Waals surface area contributed by atoms with E-state index in [2.05, 4.69) is 23.5 Å². The normalized spacial score (nSPS) is 17.5. The molecule has 0 unspecified atom stereocenters. The van der Waals surface area contributed by atoms with E-state index in [9.17, 15) is 0 Å². The van der Waals surface area contributed by atoms with Gasteiger partial charge in [-0.2, -0.15) is 0 Å². The van der Waals surface area contributed by atoms with Gasteiger partial charge in [0.25, 0.3) is 0 Å². The van der Waals surface area contributed by atoms with E-state index in [0.29, 0.717) is 15.5 Å². The number of fused-ring (bicyclic) bond motifs is 2. The molecule has 2 aliphatic carbocycles. The van der Waals surface area contributed by atoms with Gasteiger partial charge in [-0.25, -0.2) is 0 Å². The van der Waals surface area contributed by atoms with Gasteiger partial charge in [0.1, 0.15) is 0 Å². The highest BCUT2D eigenvalue weighted by molar-refractivity contribution is 6.42. The van der Waals surface area contributed by atoms with Gasteiger partial charge in [-0.05, 0) is 78.5 Å². The Kier molecular flexibility index (Phi) is 4.13. The monoisotopic (exact) mass is 345 g/mol. The average molecular weight is 346 g/mol. The Morgan fingerprint density at radius 2 is 1.74 bits per heavy atom. The molecule has 3 heteroatoms. The van der Waals surface area contributed by atoms with Crippen molar-refractivity contribution in [3.8, 4) is 0 Å². The molecule has 23 heavy (non-hydrogen) atoms. The summed E-state index contributed by atoms with van der Waals surface area (Å²) >= 11 is 12.0. The molecular weight excluding hydrogens is 325 g/mol. The van der Waals surface area contributed by atoms with Crippen LogP contribution in [-0.4, -0.2) is 6.54 Å². The highest BCUT2D eigenvalue weighted by Gasteiger charge is 2.48. The van der Waals surface area contributed by atoms with Crippen LogP contribution in [0.1, 0.15) is 41.5 Å². The molecule has 0 atom stereocenters. The molecule has 120 valence electrons. The van der Waals surface area contributed by atoms with Gasteiger partial charge >= 0.3 is 0 Å². The highest BCUT2D eigenvalue weighted by Crippen LogP contribution is 2.56. The van der Waals surface area contributed by atoms with E-state index in [1.54, 1.807) is 11.1 Å². The predicted molar refractivity (Wildman–Crippen MR) is 97.5 cm³/mol. The van der Waals surface area contributed by atoms with Crippen molar-refractivity contribution in [1.29, 1.82) is 0 Å². The van der Waals surface area contributed by atoms with E-state index in [1.807, 2.05) is 18.2 Å². The lowest BCUT2D eigenvalue weighted by Gasteiger charge is -2.10. The number of aryl methyl sites for hydroxylation is 1. The van der Waals surface area contributed by atoms with Crippen LogP contribution in [0.25, 0.3) is 0 Å². The Labute approximate surface area is 148 Å². The van der Waals surface area contributed by atoms with Crippen molar-refractivity contribution in [2.75, 3.05) is 6.54 Å². The maximum atomic E-state index is 6.05. The van der Waals surface area contributed by atoms with Crippen LogP contribution in [0.3, 0.4) is 0 Å². The molecule has 0 bridgehead atoms. The van der Waals surface area contributed by atoms with Crippen LogP contribution in [0.2, 0.25) is 10.0 Å². The lowest BCUT2D eigenvalue weighted by molar-refractivity contribution is 0.680. The lowest BCUT2D eigenvalue weighted by Crippen LogP contribution is -2.16. The van der Waals surface area contributed by atoms with Crippen molar-refractivity contribution in [2.45, 2.75) is 44.1 Å². The van der Waals surface area contributed by atoms with Crippen molar-refractivity contribution >= 4 is 23.2 Å². The molecule has 1 nitrogen and oxygen atoms in total. The van der Waals surface area contributed by atoms with Crippen molar-refractivity contribution in [1.82, 2.24) is 5.32 Å². The van der Waals surface area contributed by atoms with Crippen LogP contribution in [0.15, 0.2) is 36.4 Å². The summed E-state index contributed by atoms with van der Waals surface area (Å²) in [6.07, 6.45) is 6.41. The summed E-state index contributed by atoms with van der Waals surface area (Å²) in [4.78, 5) is 0. The Morgan fingerprint density at radius 1 is 0.913 bits per heavy atom. The van der Waals surface area contributed by atoms with Gasteiger partial charge in [-0.1, -0.05) is 47.5 Å². The predicted octanol–water partition coefficient (Wildman–Crippen LogP) is 5.30. The van der Waals surface area contributed by atoms with Gasteiger partial charge in [-0.3, -0.25) is 0 Å². The smallest absolute Gasteiger partial charge is 0.0595 e. The number of benzene rings is 2. The standard InChI is InChI=1S/C20H21Cl2N/c21-18-4-2-14(12-19(18)22)6-10-23-13-15-1-3-17-16(11-15)5-7-20(17)8-9-20/h1-4,11-12,23H,5-10,13H2. The fourth-order valence-corrected chi connectivity index (χ4v) is 4.14. The minimum atomic E-state index is 0.592. The second-order valence-electron chi connectivity index (χ2n) is 6.95. The summed E-state index contributed by atoms with van der Waals surface area (Å²) in [5.41, 5.74) is 6.44. The fraction of sp³-hybridized carbons (Fsp3) is 0.400. The fourth-order valence-electron chi connectivity index (χ4n) is 3.82. The Morgan fingerprint density at radius 3 is 2.52 bits per heavy atom. The number of halogens is 2. The number of nitrogens with one attached hydrogen (secondary N) is 1. The average Bonchev–Trinajstić information content (AvgIpc) is 3.25. The maximum absolute atomic E-state index is 6.05. The summed E-state index contributed by atoms with van der Waals surface area (Å²) in [6.45, 7) is 1.88. The van der Waals surface area contributed by atoms with Crippen LogP contribution in [-0.2, 0) is 24.8 Å². The largest absolute Gasteiger partial charge is 0.312 e. The van der Waals surface area contributed by atoms with E-state index in [0.717, 1.165) is 19.5 Å². The quantitative estimate of drug-likeness (QED) is 0.724. The van der Waals surface area contributed by atoms with E-state index < -0.39 is 0 Å². The first kappa shape index (κ1) is 15.5. The molecule has 0 saturated heterocycles. The molecule has 0 aromatic heterocycles. The van der Waals surface area contributed by atoms with Crippen molar-refractivity contribution in [3.63, 3.8) is 0 Å². The molecule has 4 rings (SSSR count). The maximum Gasteiger partial charge on any atom is 0.0595 e. The zero-order valence-electron chi connectivity index (χ0n) is 13.2. The Hall–Kier alpha value is -1.02. The summed E-state index contributed by atoms with van der Waals surface area (Å²) in [5, 5.41) is 4.79. The second-order valence-corrected chi connectivity index (χ2v) is 7.76. The van der Waals surface area contributed by atoms with Gasteiger partial charge in [-0.15, -0.1) is 0 Å². The van der Waals surface area contributed by atoms with Gasteiger partial charge in [0.2, 0.25) is 0 Å². The zero-order valence-corrected chi connectivity index (χ0v) is 14.7. The molecule has 0 radical (unpaired) electrons. The molecule has 0 amide bonds. The van der Waals surface area contributed by atoms with E-state index in [4.69, 9.17) is 23.2 Å². The second kappa shape index (κ2) is 6.12. The van der Waals surface area contributed by atoms with Crippen LogP contribution in [0, 0.1) is 0 Å². The molecule has 1 saturated carbocycles. The summed E-state index contributed by atoms with van der Waals surface area (Å²) < 4.78 is 0. The van der Waals surface area contributed by atoms with Gasteiger partial charge < -0.3 is 5.32 Å². The third-order valence-corrected chi connectivity index (χ3v) is 6.11. The first-order chi connectivity index (χ1) is 11.2. The van der Waals surface area contributed by atoms with Gasteiger partial charge in [0, 0.05) is 6.54 Å². The van der Waals surface area contributed by atoms with Crippen LogP contribution >= 0.6 is 23.2 Å². The number of rotatable bonds is 5. The van der Waals surface area contributed by atoms with E-state index >= 15 is 0 Å². The van der Waals surface area contributed by atoms with Crippen molar-refractivity contribution in [2.24, 2.45) is 0 Å². The topological polar surface area (TPSA) is 12.0 Å². The molecule has 0 heterocycles. The van der Waals surface area contributed by atoms with Crippen molar-refractivity contribution in [3.05, 3.63) is 68.7 Å². The zero-order chi connectivity index (χ0) is 15.9. The molecule has 1 N–H and O–H groups in total. The Balaban J connectivity index is 1.31. The molecule has 2 aromatic rings. The summed E-state index contributed by atoms with van der Waals surface area (Å²) in [5.74, 6) is 0. The first-order valence-corrected chi connectivity index (χ1v) is 9.19. The molecule has 0 aliphatic heterocycles. The lowest BCUT2D eigenvalue weighted by atomic mass is 9.97. The third kappa shape index (κ3) is 3.15. The molecule has 2 aliphatic rings. The Bertz CT molecular complexity index is 734. The van der Waals surface area contributed by atoms with E-state index in [1.165, 1.54) is 36.8 Å². The van der Waals surface area contributed by atoms with Gasteiger partial charge in [0.05, 0.1) is 10.0 Å².